The molecule has 198 valence electrons. The van der Waals surface area contributed by atoms with Crippen molar-refractivity contribution in [2.75, 3.05) is 13.7 Å². The Bertz CT molecular complexity index is 1530. The standard InChI is InChI=1S/C31H28N2O6/c1-37-30(35)26(17-20-9-3-2-4-10-20)32-27(34)19-39-31(36)28-23-13-5-6-15-25(23)33-29-21(11-7-14-24(28)29)18-22-12-8-16-38-22/h2-6,8-10,12-13,15-16,18,26H,7,11,14,17,19H2,1H3,(H,32,34)/b21-18-/t26-/m1/s1. The number of hydrogen-bond donors (Lipinski definition) is 1. The van der Waals surface area contributed by atoms with E-state index >= 15 is 0 Å². The van der Waals surface area contributed by atoms with E-state index in [2.05, 4.69) is 5.32 Å². The highest BCUT2D eigenvalue weighted by Crippen LogP contribution is 2.36. The number of ether oxygens (including phenoxy) is 2. The first-order valence-electron chi connectivity index (χ1n) is 12.8. The number of aromatic nitrogens is 1. The van der Waals surface area contributed by atoms with Crippen LogP contribution in [-0.2, 0) is 31.9 Å². The quantitative estimate of drug-likeness (QED) is 0.331. The molecular formula is C31H28N2O6. The first-order chi connectivity index (χ1) is 19.0. The molecule has 8 heteroatoms. The number of esters is 2. The number of methoxy groups -OCH3 is 1. The van der Waals surface area contributed by atoms with Crippen molar-refractivity contribution in [1.82, 2.24) is 10.3 Å². The van der Waals surface area contributed by atoms with Gasteiger partial charge < -0.3 is 19.2 Å². The molecule has 8 nitrogen and oxygen atoms in total. The summed E-state index contributed by atoms with van der Waals surface area (Å²) in [6, 6.07) is 19.4. The summed E-state index contributed by atoms with van der Waals surface area (Å²) in [7, 11) is 1.26. The van der Waals surface area contributed by atoms with Crippen LogP contribution in [0.3, 0.4) is 0 Å². The van der Waals surface area contributed by atoms with E-state index < -0.39 is 30.5 Å². The topological polar surface area (TPSA) is 108 Å². The van der Waals surface area contributed by atoms with Crippen molar-refractivity contribution in [3.63, 3.8) is 0 Å². The van der Waals surface area contributed by atoms with Crippen molar-refractivity contribution >= 4 is 40.4 Å². The first-order valence-corrected chi connectivity index (χ1v) is 12.8. The highest BCUT2D eigenvalue weighted by molar-refractivity contribution is 6.07. The molecule has 1 atom stereocenters. The number of amides is 1. The summed E-state index contributed by atoms with van der Waals surface area (Å²) in [4.78, 5) is 43.4. The Morgan fingerprint density at radius 2 is 1.82 bits per heavy atom. The van der Waals surface area contributed by atoms with Gasteiger partial charge in [-0.15, -0.1) is 0 Å². The summed E-state index contributed by atoms with van der Waals surface area (Å²) in [6.07, 6.45) is 6.10. The van der Waals surface area contributed by atoms with Gasteiger partial charge in [-0.1, -0.05) is 48.5 Å². The van der Waals surface area contributed by atoms with Crippen LogP contribution in [0.25, 0.3) is 22.6 Å². The molecule has 1 amide bonds. The van der Waals surface area contributed by atoms with E-state index in [4.69, 9.17) is 18.9 Å². The van der Waals surface area contributed by atoms with Crippen molar-refractivity contribution in [3.8, 4) is 0 Å². The fourth-order valence-corrected chi connectivity index (χ4v) is 4.88. The summed E-state index contributed by atoms with van der Waals surface area (Å²) in [5.74, 6) is -1.08. The van der Waals surface area contributed by atoms with Crippen LogP contribution in [0.4, 0.5) is 0 Å². The fourth-order valence-electron chi connectivity index (χ4n) is 4.88. The minimum Gasteiger partial charge on any atom is -0.467 e. The number of pyridine rings is 1. The second-order valence-corrected chi connectivity index (χ2v) is 9.28. The Kier molecular flexibility index (Phi) is 7.82. The largest absolute Gasteiger partial charge is 0.467 e. The normalized spacial score (nSPS) is 14.4. The molecule has 1 aliphatic rings. The minimum absolute atomic E-state index is 0.250. The highest BCUT2D eigenvalue weighted by atomic mass is 16.5. The molecule has 0 radical (unpaired) electrons. The third-order valence-corrected chi connectivity index (χ3v) is 6.67. The van der Waals surface area contributed by atoms with Gasteiger partial charge in [-0.3, -0.25) is 4.79 Å². The molecule has 0 saturated heterocycles. The Balaban J connectivity index is 1.37. The zero-order valence-electron chi connectivity index (χ0n) is 21.5. The zero-order valence-corrected chi connectivity index (χ0v) is 21.5. The van der Waals surface area contributed by atoms with Crippen molar-refractivity contribution in [2.24, 2.45) is 0 Å². The molecule has 0 fully saturated rings. The molecule has 1 aliphatic carbocycles. The van der Waals surface area contributed by atoms with E-state index in [0.717, 1.165) is 35.2 Å². The van der Waals surface area contributed by atoms with E-state index in [1.165, 1.54) is 7.11 Å². The average molecular weight is 525 g/mol. The van der Waals surface area contributed by atoms with Crippen LogP contribution in [0, 0.1) is 0 Å². The van der Waals surface area contributed by atoms with Gasteiger partial charge in [-0.2, -0.15) is 0 Å². The molecule has 2 aromatic heterocycles. The maximum absolute atomic E-state index is 13.5. The van der Waals surface area contributed by atoms with Gasteiger partial charge in [-0.05, 0) is 60.2 Å². The van der Waals surface area contributed by atoms with Crippen LogP contribution in [0.2, 0.25) is 0 Å². The number of carbonyl (C=O) groups is 3. The lowest BCUT2D eigenvalue weighted by Gasteiger charge is -2.22. The number of para-hydroxylation sites is 1. The number of benzene rings is 2. The van der Waals surface area contributed by atoms with Gasteiger partial charge in [0.05, 0.1) is 30.1 Å². The predicted molar refractivity (Wildman–Crippen MR) is 146 cm³/mol. The fraction of sp³-hybridized carbons (Fsp3) is 0.226. The van der Waals surface area contributed by atoms with Crippen LogP contribution >= 0.6 is 0 Å². The van der Waals surface area contributed by atoms with E-state index in [-0.39, 0.29) is 6.42 Å². The Hall–Kier alpha value is -4.72. The second-order valence-electron chi connectivity index (χ2n) is 9.28. The number of allylic oxidation sites excluding steroid dienone is 1. The molecule has 0 spiro atoms. The molecular weight excluding hydrogens is 496 g/mol. The summed E-state index contributed by atoms with van der Waals surface area (Å²) >= 11 is 0. The summed E-state index contributed by atoms with van der Waals surface area (Å²) in [5.41, 5.74) is 4.43. The number of furan rings is 1. The lowest BCUT2D eigenvalue weighted by molar-refractivity contribution is -0.145. The number of rotatable bonds is 8. The van der Waals surface area contributed by atoms with Crippen LogP contribution < -0.4 is 5.32 Å². The molecule has 4 aromatic rings. The zero-order chi connectivity index (χ0) is 27.2. The smallest absolute Gasteiger partial charge is 0.339 e. The highest BCUT2D eigenvalue weighted by Gasteiger charge is 2.27. The van der Waals surface area contributed by atoms with Gasteiger partial charge in [0.2, 0.25) is 0 Å². The Morgan fingerprint density at radius 1 is 1.03 bits per heavy atom. The molecule has 0 aliphatic heterocycles. The maximum Gasteiger partial charge on any atom is 0.339 e. The van der Waals surface area contributed by atoms with Gasteiger partial charge in [0.15, 0.2) is 6.61 Å². The molecule has 2 heterocycles. The molecule has 0 unspecified atom stereocenters. The van der Waals surface area contributed by atoms with Gasteiger partial charge in [0.25, 0.3) is 5.91 Å². The molecule has 0 saturated carbocycles. The molecule has 1 N–H and O–H groups in total. The third kappa shape index (κ3) is 5.90. The summed E-state index contributed by atoms with van der Waals surface area (Å²) < 4.78 is 15.9. The van der Waals surface area contributed by atoms with E-state index in [1.807, 2.05) is 72.8 Å². The van der Waals surface area contributed by atoms with E-state index in [1.54, 1.807) is 6.26 Å². The Morgan fingerprint density at radius 3 is 2.59 bits per heavy atom. The number of hydrogen-bond acceptors (Lipinski definition) is 7. The lowest BCUT2D eigenvalue weighted by Crippen LogP contribution is -2.44. The summed E-state index contributed by atoms with van der Waals surface area (Å²) in [5, 5.41) is 3.30. The van der Waals surface area contributed by atoms with E-state index in [0.29, 0.717) is 28.6 Å². The van der Waals surface area contributed by atoms with Crippen LogP contribution in [0.5, 0.6) is 0 Å². The van der Waals surface area contributed by atoms with Gasteiger partial charge in [0.1, 0.15) is 11.8 Å². The molecule has 0 bridgehead atoms. The van der Waals surface area contributed by atoms with Crippen molar-refractivity contribution < 1.29 is 28.3 Å². The third-order valence-electron chi connectivity index (χ3n) is 6.67. The van der Waals surface area contributed by atoms with Crippen LogP contribution in [0.15, 0.2) is 77.4 Å². The van der Waals surface area contributed by atoms with E-state index in [9.17, 15) is 14.4 Å². The predicted octanol–water partition coefficient (Wildman–Crippen LogP) is 4.76. The SMILES string of the molecule is COC(=O)[C@@H](Cc1ccccc1)NC(=O)COC(=O)c1c2c(nc3ccccc13)/C(=C\c1ccco1)CCC2. The first kappa shape index (κ1) is 25.9. The van der Waals surface area contributed by atoms with Crippen LogP contribution in [0.1, 0.15) is 45.8 Å². The molecule has 5 rings (SSSR count). The molecule has 2 aromatic carbocycles. The number of carbonyl (C=O) groups excluding carboxylic acids is 3. The monoisotopic (exact) mass is 524 g/mol. The minimum atomic E-state index is -0.910. The number of fused-ring (bicyclic) bond motifs is 2. The van der Waals surface area contributed by atoms with Crippen LogP contribution in [-0.4, -0.2) is 42.6 Å². The lowest BCUT2D eigenvalue weighted by atomic mass is 9.86. The number of nitrogens with zero attached hydrogens (tertiary/aromatic N) is 1. The molecule has 39 heavy (non-hydrogen) atoms. The summed E-state index contributed by atoms with van der Waals surface area (Å²) in [6.45, 7) is -0.540. The van der Waals surface area contributed by atoms with Gasteiger partial charge >= 0.3 is 11.9 Å². The average Bonchev–Trinajstić information content (AvgIpc) is 3.48. The van der Waals surface area contributed by atoms with Gasteiger partial charge in [-0.25, -0.2) is 14.6 Å². The second kappa shape index (κ2) is 11.8. The Labute approximate surface area is 225 Å². The van der Waals surface area contributed by atoms with Crippen molar-refractivity contribution in [2.45, 2.75) is 31.7 Å². The van der Waals surface area contributed by atoms with Crippen molar-refractivity contribution in [1.29, 1.82) is 0 Å². The maximum atomic E-state index is 13.5. The van der Waals surface area contributed by atoms with Crippen molar-refractivity contribution in [3.05, 3.63) is 101 Å². The van der Waals surface area contributed by atoms with Gasteiger partial charge in [0, 0.05) is 11.8 Å². The number of nitrogens with one attached hydrogen (secondary N) is 1.